The van der Waals surface area contributed by atoms with Crippen molar-refractivity contribution < 1.29 is 4.79 Å². The van der Waals surface area contributed by atoms with Gasteiger partial charge in [-0.3, -0.25) is 4.79 Å². The molecule has 0 fully saturated rings. The Morgan fingerprint density at radius 2 is 1.50 bits per heavy atom. The molecule has 0 aliphatic carbocycles. The first-order chi connectivity index (χ1) is 4.46. The zero-order chi connectivity index (χ0) is 8.31. The van der Waals surface area contributed by atoms with E-state index in [9.17, 15) is 4.79 Å². The molecule has 1 heteroatoms. The molecule has 0 amide bonds. The van der Waals surface area contributed by atoms with Crippen molar-refractivity contribution in [2.24, 2.45) is 17.8 Å². The van der Waals surface area contributed by atoms with Gasteiger partial charge in [0.25, 0.3) is 0 Å². The molecule has 0 saturated heterocycles. The first-order valence-electron chi connectivity index (χ1n) is 3.97. The van der Waals surface area contributed by atoms with Crippen LogP contribution in [-0.4, -0.2) is 5.78 Å². The van der Waals surface area contributed by atoms with Crippen LogP contribution >= 0.6 is 0 Å². The summed E-state index contributed by atoms with van der Waals surface area (Å²) in [7, 11) is 0. The van der Waals surface area contributed by atoms with E-state index in [-0.39, 0.29) is 5.92 Å². The zero-order valence-corrected chi connectivity index (χ0v) is 7.64. The molecular weight excluding hydrogens is 124 g/mol. The van der Waals surface area contributed by atoms with Crippen LogP contribution in [0.4, 0.5) is 0 Å². The van der Waals surface area contributed by atoms with Crippen molar-refractivity contribution in [2.75, 3.05) is 0 Å². The summed E-state index contributed by atoms with van der Waals surface area (Å²) in [5.41, 5.74) is 0. The monoisotopic (exact) mass is 142 g/mol. The molecule has 2 unspecified atom stereocenters. The third kappa shape index (κ3) is 2.51. The van der Waals surface area contributed by atoms with Crippen molar-refractivity contribution >= 4 is 5.78 Å². The van der Waals surface area contributed by atoms with Crippen molar-refractivity contribution in [2.45, 2.75) is 34.6 Å². The fourth-order valence-electron chi connectivity index (χ4n) is 0.948. The lowest BCUT2D eigenvalue weighted by Gasteiger charge is -2.20. The van der Waals surface area contributed by atoms with Crippen LogP contribution in [0.3, 0.4) is 0 Å². The first kappa shape index (κ1) is 9.67. The van der Waals surface area contributed by atoms with E-state index in [1.807, 2.05) is 6.92 Å². The second kappa shape index (κ2) is 3.75. The average molecular weight is 142 g/mol. The number of Topliss-reactive ketones (excluding diaryl/α,β-unsaturated/α-hetero) is 1. The van der Waals surface area contributed by atoms with E-state index in [0.717, 1.165) is 0 Å². The SMILES string of the molecule is CC(=O)C(C)C(C)C(C)C. The predicted octanol–water partition coefficient (Wildman–Crippen LogP) is 2.50. The predicted molar refractivity (Wildman–Crippen MR) is 43.8 cm³/mol. The molecule has 60 valence electrons. The Balaban J connectivity index is 3.94. The van der Waals surface area contributed by atoms with E-state index in [2.05, 4.69) is 20.8 Å². The van der Waals surface area contributed by atoms with E-state index in [0.29, 0.717) is 17.6 Å². The van der Waals surface area contributed by atoms with Crippen LogP contribution in [0.1, 0.15) is 34.6 Å². The number of rotatable bonds is 3. The van der Waals surface area contributed by atoms with Crippen LogP contribution in [0.25, 0.3) is 0 Å². The highest BCUT2D eigenvalue weighted by atomic mass is 16.1. The van der Waals surface area contributed by atoms with E-state index in [4.69, 9.17) is 0 Å². The number of hydrogen-bond acceptors (Lipinski definition) is 1. The molecule has 0 aromatic heterocycles. The van der Waals surface area contributed by atoms with Gasteiger partial charge in [0.15, 0.2) is 0 Å². The molecule has 0 aromatic rings. The molecule has 10 heavy (non-hydrogen) atoms. The van der Waals surface area contributed by atoms with Gasteiger partial charge in [0.1, 0.15) is 5.78 Å². The van der Waals surface area contributed by atoms with E-state index in [1.54, 1.807) is 6.92 Å². The molecular formula is C9H18O. The van der Waals surface area contributed by atoms with Crippen molar-refractivity contribution in [1.82, 2.24) is 0 Å². The first-order valence-corrected chi connectivity index (χ1v) is 3.97. The fourth-order valence-corrected chi connectivity index (χ4v) is 0.948. The molecule has 2 atom stereocenters. The highest BCUT2D eigenvalue weighted by molar-refractivity contribution is 5.78. The Morgan fingerprint density at radius 3 is 1.60 bits per heavy atom. The average Bonchev–Trinajstić information content (AvgIpc) is 1.84. The van der Waals surface area contributed by atoms with Crippen molar-refractivity contribution in [3.05, 3.63) is 0 Å². The number of carbonyl (C=O) groups is 1. The number of ketones is 1. The van der Waals surface area contributed by atoms with Crippen LogP contribution in [0.5, 0.6) is 0 Å². The normalized spacial score (nSPS) is 17.0. The Morgan fingerprint density at radius 1 is 1.10 bits per heavy atom. The third-order valence-corrected chi connectivity index (χ3v) is 2.48. The molecule has 0 N–H and O–H groups in total. The molecule has 0 heterocycles. The maximum Gasteiger partial charge on any atom is 0.132 e. The molecule has 0 radical (unpaired) electrons. The Kier molecular flexibility index (Phi) is 3.62. The van der Waals surface area contributed by atoms with Crippen molar-refractivity contribution in [3.63, 3.8) is 0 Å². The second-order valence-corrected chi connectivity index (χ2v) is 3.50. The molecule has 0 aliphatic rings. The van der Waals surface area contributed by atoms with Crippen LogP contribution in [0.2, 0.25) is 0 Å². The van der Waals surface area contributed by atoms with Gasteiger partial charge < -0.3 is 0 Å². The van der Waals surface area contributed by atoms with Crippen LogP contribution in [0.15, 0.2) is 0 Å². The third-order valence-electron chi connectivity index (χ3n) is 2.48. The van der Waals surface area contributed by atoms with Gasteiger partial charge in [-0.05, 0) is 18.8 Å². The fraction of sp³-hybridized carbons (Fsp3) is 0.889. The van der Waals surface area contributed by atoms with Gasteiger partial charge in [0, 0.05) is 5.92 Å². The van der Waals surface area contributed by atoms with E-state index < -0.39 is 0 Å². The van der Waals surface area contributed by atoms with Gasteiger partial charge in [-0.1, -0.05) is 27.7 Å². The van der Waals surface area contributed by atoms with Gasteiger partial charge in [0.05, 0.1) is 0 Å². The van der Waals surface area contributed by atoms with E-state index >= 15 is 0 Å². The largest absolute Gasteiger partial charge is 0.300 e. The molecule has 0 aromatic carbocycles. The lowest BCUT2D eigenvalue weighted by Crippen LogP contribution is -2.20. The maximum atomic E-state index is 10.9. The summed E-state index contributed by atoms with van der Waals surface area (Å²) >= 11 is 0. The lowest BCUT2D eigenvalue weighted by atomic mass is 9.84. The summed E-state index contributed by atoms with van der Waals surface area (Å²) in [4.78, 5) is 10.9. The van der Waals surface area contributed by atoms with E-state index in [1.165, 1.54) is 0 Å². The second-order valence-electron chi connectivity index (χ2n) is 3.50. The highest BCUT2D eigenvalue weighted by Gasteiger charge is 2.18. The Labute approximate surface area is 63.8 Å². The van der Waals surface area contributed by atoms with Gasteiger partial charge in [-0.25, -0.2) is 0 Å². The Bertz CT molecular complexity index is 116. The van der Waals surface area contributed by atoms with Crippen molar-refractivity contribution in [1.29, 1.82) is 0 Å². The minimum Gasteiger partial charge on any atom is -0.300 e. The van der Waals surface area contributed by atoms with Crippen molar-refractivity contribution in [3.8, 4) is 0 Å². The Hall–Kier alpha value is -0.330. The standard InChI is InChI=1S/C9H18O/c1-6(2)7(3)8(4)9(5)10/h6-8H,1-5H3. The van der Waals surface area contributed by atoms with Gasteiger partial charge in [-0.15, -0.1) is 0 Å². The number of carbonyl (C=O) groups excluding carboxylic acids is 1. The molecule has 0 bridgehead atoms. The maximum absolute atomic E-state index is 10.9. The summed E-state index contributed by atoms with van der Waals surface area (Å²) in [5.74, 6) is 1.65. The molecule has 0 spiro atoms. The lowest BCUT2D eigenvalue weighted by molar-refractivity contribution is -0.122. The summed E-state index contributed by atoms with van der Waals surface area (Å²) < 4.78 is 0. The molecule has 0 rings (SSSR count). The molecule has 1 nitrogen and oxygen atoms in total. The van der Waals surface area contributed by atoms with Crippen LogP contribution in [0, 0.1) is 17.8 Å². The summed E-state index contributed by atoms with van der Waals surface area (Å²) in [6, 6.07) is 0. The smallest absolute Gasteiger partial charge is 0.132 e. The minimum atomic E-state index is 0.222. The van der Waals surface area contributed by atoms with Crippen LogP contribution < -0.4 is 0 Å². The molecule has 0 aliphatic heterocycles. The molecule has 0 saturated carbocycles. The van der Waals surface area contributed by atoms with Gasteiger partial charge in [-0.2, -0.15) is 0 Å². The van der Waals surface area contributed by atoms with Gasteiger partial charge in [0.2, 0.25) is 0 Å². The quantitative estimate of drug-likeness (QED) is 0.591. The number of hydrogen-bond donors (Lipinski definition) is 0. The van der Waals surface area contributed by atoms with Gasteiger partial charge >= 0.3 is 0 Å². The topological polar surface area (TPSA) is 17.1 Å². The van der Waals surface area contributed by atoms with Crippen LogP contribution in [-0.2, 0) is 4.79 Å². The summed E-state index contributed by atoms with van der Waals surface area (Å²) in [6.07, 6.45) is 0. The zero-order valence-electron chi connectivity index (χ0n) is 7.64. The minimum absolute atomic E-state index is 0.222. The summed E-state index contributed by atoms with van der Waals surface area (Å²) in [5, 5.41) is 0. The highest BCUT2D eigenvalue weighted by Crippen LogP contribution is 2.20. The summed E-state index contributed by atoms with van der Waals surface area (Å²) in [6.45, 7) is 10.1.